The maximum absolute atomic E-state index is 12.0. The number of hydrogen-bond donors (Lipinski definition) is 0. The highest BCUT2D eigenvalue weighted by Crippen LogP contribution is 2.10. The van der Waals surface area contributed by atoms with Crippen LogP contribution in [0.25, 0.3) is 4.96 Å². The molecule has 0 N–H and O–H groups in total. The highest BCUT2D eigenvalue weighted by molar-refractivity contribution is 7.15. The zero-order chi connectivity index (χ0) is 10.8. The van der Waals surface area contributed by atoms with E-state index in [1.807, 2.05) is 12.3 Å². The molecule has 0 aliphatic heterocycles. The summed E-state index contributed by atoms with van der Waals surface area (Å²) in [6.45, 7) is 4.05. The van der Waals surface area contributed by atoms with E-state index in [0.29, 0.717) is 0 Å². The van der Waals surface area contributed by atoms with Crippen molar-refractivity contribution >= 4 is 16.3 Å². The summed E-state index contributed by atoms with van der Waals surface area (Å²) in [6, 6.07) is 0. The van der Waals surface area contributed by atoms with Crippen molar-refractivity contribution in [2.24, 2.45) is 0 Å². The molecule has 0 aliphatic carbocycles. The Morgan fingerprint density at radius 1 is 1.53 bits per heavy atom. The molecule has 80 valence electrons. The van der Waals surface area contributed by atoms with Gasteiger partial charge >= 0.3 is 0 Å². The Morgan fingerprint density at radius 3 is 3.07 bits per heavy atom. The normalized spacial score (nSPS) is 11.1. The van der Waals surface area contributed by atoms with Gasteiger partial charge in [0.25, 0.3) is 5.56 Å². The Bertz CT molecular complexity index is 527. The molecule has 0 fully saturated rings. The van der Waals surface area contributed by atoms with Gasteiger partial charge in [-0.3, -0.25) is 9.20 Å². The zero-order valence-electron chi connectivity index (χ0n) is 8.99. The average Bonchev–Trinajstić information content (AvgIpc) is 2.65. The van der Waals surface area contributed by atoms with Gasteiger partial charge in [0.2, 0.25) is 0 Å². The van der Waals surface area contributed by atoms with Gasteiger partial charge in [-0.2, -0.15) is 0 Å². The molecule has 0 aliphatic rings. The van der Waals surface area contributed by atoms with Gasteiger partial charge in [0, 0.05) is 22.8 Å². The van der Waals surface area contributed by atoms with Gasteiger partial charge in [0.1, 0.15) is 0 Å². The first-order valence-corrected chi connectivity index (χ1v) is 6.07. The molecule has 0 atom stereocenters. The van der Waals surface area contributed by atoms with E-state index in [1.54, 1.807) is 10.6 Å². The fourth-order valence-electron chi connectivity index (χ4n) is 1.66. The number of fused-ring (bicyclic) bond motifs is 1. The molecule has 0 amide bonds. The van der Waals surface area contributed by atoms with Crippen molar-refractivity contribution in [3.63, 3.8) is 0 Å². The van der Waals surface area contributed by atoms with Gasteiger partial charge < -0.3 is 0 Å². The van der Waals surface area contributed by atoms with Crippen molar-refractivity contribution in [1.82, 2.24) is 9.38 Å². The Hall–Kier alpha value is -1.16. The molecule has 2 heterocycles. The topological polar surface area (TPSA) is 34.4 Å². The van der Waals surface area contributed by atoms with Gasteiger partial charge in [0.15, 0.2) is 4.96 Å². The van der Waals surface area contributed by atoms with Crippen molar-refractivity contribution < 1.29 is 0 Å². The van der Waals surface area contributed by atoms with E-state index in [1.165, 1.54) is 11.3 Å². The SMILES string of the molecule is CCCCc1c(C)nc2sccn2c1=O. The third kappa shape index (κ3) is 1.81. The fraction of sp³-hybridized carbons (Fsp3) is 0.455. The molecule has 0 spiro atoms. The highest BCUT2D eigenvalue weighted by Gasteiger charge is 2.09. The van der Waals surface area contributed by atoms with Crippen LogP contribution in [0.5, 0.6) is 0 Å². The first kappa shape index (κ1) is 10.4. The zero-order valence-corrected chi connectivity index (χ0v) is 9.80. The van der Waals surface area contributed by atoms with Crippen molar-refractivity contribution in [3.05, 3.63) is 33.2 Å². The number of nitrogens with zero attached hydrogens (tertiary/aromatic N) is 2. The molecule has 3 nitrogen and oxygen atoms in total. The minimum absolute atomic E-state index is 0.104. The molecule has 0 bridgehead atoms. The fourth-order valence-corrected chi connectivity index (χ4v) is 2.41. The van der Waals surface area contributed by atoms with Crippen LogP contribution in [0.3, 0.4) is 0 Å². The number of aromatic nitrogens is 2. The molecule has 15 heavy (non-hydrogen) atoms. The van der Waals surface area contributed by atoms with Crippen LogP contribution in [0.2, 0.25) is 0 Å². The maximum Gasteiger partial charge on any atom is 0.261 e. The first-order valence-electron chi connectivity index (χ1n) is 5.19. The van der Waals surface area contributed by atoms with Gasteiger partial charge in [-0.05, 0) is 19.8 Å². The molecule has 2 aromatic rings. The number of rotatable bonds is 3. The predicted octanol–water partition coefficient (Wildman–Crippen LogP) is 2.41. The van der Waals surface area contributed by atoms with Crippen LogP contribution in [0, 0.1) is 6.92 Å². The number of unbranched alkanes of at least 4 members (excludes halogenated alkanes) is 1. The second kappa shape index (κ2) is 4.14. The average molecular weight is 222 g/mol. The Balaban J connectivity index is 2.57. The molecule has 0 aromatic carbocycles. The van der Waals surface area contributed by atoms with E-state index in [-0.39, 0.29) is 5.56 Å². The van der Waals surface area contributed by atoms with E-state index >= 15 is 0 Å². The number of aryl methyl sites for hydroxylation is 1. The van der Waals surface area contributed by atoms with E-state index in [2.05, 4.69) is 11.9 Å². The Labute approximate surface area is 92.4 Å². The lowest BCUT2D eigenvalue weighted by molar-refractivity contribution is 0.772. The molecule has 4 heteroatoms. The van der Waals surface area contributed by atoms with Crippen LogP contribution in [-0.4, -0.2) is 9.38 Å². The minimum Gasteiger partial charge on any atom is -0.269 e. The van der Waals surface area contributed by atoms with Crippen LogP contribution in [-0.2, 0) is 6.42 Å². The summed E-state index contributed by atoms with van der Waals surface area (Å²) < 4.78 is 1.64. The lowest BCUT2D eigenvalue weighted by Crippen LogP contribution is -2.19. The second-order valence-electron chi connectivity index (χ2n) is 3.64. The number of thiazole rings is 1. The molecule has 0 radical (unpaired) electrons. The van der Waals surface area contributed by atoms with Crippen molar-refractivity contribution in [2.45, 2.75) is 33.1 Å². The third-order valence-electron chi connectivity index (χ3n) is 2.55. The molecular formula is C11H14N2OS. The summed E-state index contributed by atoms with van der Waals surface area (Å²) in [6.07, 6.45) is 4.79. The van der Waals surface area contributed by atoms with Crippen molar-refractivity contribution in [2.75, 3.05) is 0 Å². The summed E-state index contributed by atoms with van der Waals surface area (Å²) in [5.74, 6) is 0. The van der Waals surface area contributed by atoms with E-state index in [4.69, 9.17) is 0 Å². The molecule has 2 rings (SSSR count). The van der Waals surface area contributed by atoms with Gasteiger partial charge in [0.05, 0.1) is 0 Å². The highest BCUT2D eigenvalue weighted by atomic mass is 32.1. The lowest BCUT2D eigenvalue weighted by atomic mass is 10.1. The maximum atomic E-state index is 12.0. The number of hydrogen-bond acceptors (Lipinski definition) is 3. The minimum atomic E-state index is 0.104. The summed E-state index contributed by atoms with van der Waals surface area (Å²) in [5, 5.41) is 1.90. The Morgan fingerprint density at radius 2 is 2.33 bits per heavy atom. The van der Waals surface area contributed by atoms with Gasteiger partial charge in [-0.15, -0.1) is 11.3 Å². The third-order valence-corrected chi connectivity index (χ3v) is 3.30. The first-order chi connectivity index (χ1) is 7.24. The van der Waals surface area contributed by atoms with E-state index < -0.39 is 0 Å². The van der Waals surface area contributed by atoms with Gasteiger partial charge in [-0.25, -0.2) is 4.98 Å². The molecule has 0 saturated carbocycles. The van der Waals surface area contributed by atoms with Gasteiger partial charge in [-0.1, -0.05) is 13.3 Å². The smallest absolute Gasteiger partial charge is 0.261 e. The molecule has 2 aromatic heterocycles. The van der Waals surface area contributed by atoms with Crippen LogP contribution in [0.15, 0.2) is 16.4 Å². The summed E-state index contributed by atoms with van der Waals surface area (Å²) in [4.78, 5) is 17.3. The van der Waals surface area contributed by atoms with Crippen molar-refractivity contribution in [3.8, 4) is 0 Å². The van der Waals surface area contributed by atoms with Crippen LogP contribution in [0.4, 0.5) is 0 Å². The quantitative estimate of drug-likeness (QED) is 0.799. The van der Waals surface area contributed by atoms with Crippen LogP contribution in [0.1, 0.15) is 31.0 Å². The molecule has 0 unspecified atom stereocenters. The Kier molecular flexibility index (Phi) is 2.86. The summed E-state index contributed by atoms with van der Waals surface area (Å²) in [5.41, 5.74) is 1.86. The molecule has 0 saturated heterocycles. The van der Waals surface area contributed by atoms with E-state index in [0.717, 1.165) is 35.5 Å². The lowest BCUT2D eigenvalue weighted by Gasteiger charge is -2.03. The van der Waals surface area contributed by atoms with E-state index in [9.17, 15) is 4.79 Å². The summed E-state index contributed by atoms with van der Waals surface area (Å²) in [7, 11) is 0. The standard InChI is InChI=1S/C11H14N2OS/c1-3-4-5-9-8(2)12-11-13(10(9)14)6-7-15-11/h6-7H,3-5H2,1-2H3. The second-order valence-corrected chi connectivity index (χ2v) is 4.51. The van der Waals surface area contributed by atoms with Crippen LogP contribution >= 0.6 is 11.3 Å². The van der Waals surface area contributed by atoms with Crippen molar-refractivity contribution in [1.29, 1.82) is 0 Å². The largest absolute Gasteiger partial charge is 0.269 e. The monoisotopic (exact) mass is 222 g/mol. The van der Waals surface area contributed by atoms with Crippen LogP contribution < -0.4 is 5.56 Å². The molecular weight excluding hydrogens is 208 g/mol. The predicted molar refractivity (Wildman–Crippen MR) is 62.7 cm³/mol. The summed E-state index contributed by atoms with van der Waals surface area (Å²) >= 11 is 1.50.